The van der Waals surface area contributed by atoms with Crippen molar-refractivity contribution in [3.63, 3.8) is 0 Å². The van der Waals surface area contributed by atoms with E-state index >= 15 is 0 Å². The first kappa shape index (κ1) is 22.9. The third-order valence-corrected chi connectivity index (χ3v) is 7.19. The number of carbonyl (C=O) groups excluding carboxylic acids is 2. The molecule has 32 heavy (non-hydrogen) atoms. The van der Waals surface area contributed by atoms with E-state index in [0.717, 1.165) is 37.9 Å². The molecule has 7 heteroatoms. The predicted molar refractivity (Wildman–Crippen MR) is 127 cm³/mol. The lowest BCUT2D eigenvalue weighted by molar-refractivity contribution is -0.125. The van der Waals surface area contributed by atoms with Crippen LogP contribution in [0.2, 0.25) is 0 Å². The topological polar surface area (TPSA) is 88.1 Å². The number of nitrogens with one attached hydrogen (secondary N) is 3. The second-order valence-corrected chi connectivity index (χ2v) is 11.8. The number of allylic oxidation sites excluding steroid dienone is 1. The van der Waals surface area contributed by atoms with E-state index in [0.29, 0.717) is 23.3 Å². The average molecular weight is 442 g/mol. The Labute approximate surface area is 191 Å². The second kappa shape index (κ2) is 8.23. The molecular formula is C25H39N5O2. The van der Waals surface area contributed by atoms with Gasteiger partial charge >= 0.3 is 0 Å². The van der Waals surface area contributed by atoms with Crippen LogP contribution in [-0.4, -0.2) is 39.2 Å². The molecule has 4 aliphatic carbocycles. The van der Waals surface area contributed by atoms with Gasteiger partial charge < -0.3 is 16.0 Å². The molecule has 0 saturated heterocycles. The van der Waals surface area contributed by atoms with Crippen LogP contribution in [0.1, 0.15) is 84.0 Å². The fourth-order valence-corrected chi connectivity index (χ4v) is 6.37. The first-order valence-corrected chi connectivity index (χ1v) is 12.1. The first-order chi connectivity index (χ1) is 14.9. The molecule has 4 saturated carbocycles. The summed E-state index contributed by atoms with van der Waals surface area (Å²) in [6, 6.07) is 0.347. The number of aromatic nitrogens is 2. The number of hydrogen-bond donors (Lipinski definition) is 3. The summed E-state index contributed by atoms with van der Waals surface area (Å²) in [5.41, 5.74) is 0.548. The van der Waals surface area contributed by atoms with Crippen LogP contribution in [0.3, 0.4) is 0 Å². The molecule has 0 aliphatic heterocycles. The van der Waals surface area contributed by atoms with E-state index in [1.54, 1.807) is 17.8 Å². The van der Waals surface area contributed by atoms with Crippen molar-refractivity contribution in [2.24, 2.45) is 23.2 Å². The van der Waals surface area contributed by atoms with Crippen molar-refractivity contribution in [2.75, 3.05) is 5.32 Å². The van der Waals surface area contributed by atoms with E-state index in [4.69, 9.17) is 0 Å². The largest absolute Gasteiger partial charge is 0.367 e. The van der Waals surface area contributed by atoms with E-state index in [9.17, 15) is 9.59 Å². The highest BCUT2D eigenvalue weighted by atomic mass is 16.2. The third-order valence-electron chi connectivity index (χ3n) is 7.19. The van der Waals surface area contributed by atoms with Gasteiger partial charge in [-0.15, -0.1) is 0 Å². The molecule has 7 nitrogen and oxygen atoms in total. The normalized spacial score (nSPS) is 31.3. The van der Waals surface area contributed by atoms with Crippen molar-refractivity contribution in [3.05, 3.63) is 17.8 Å². The van der Waals surface area contributed by atoms with Crippen molar-refractivity contribution in [1.29, 1.82) is 0 Å². The minimum Gasteiger partial charge on any atom is -0.367 e. The Morgan fingerprint density at radius 2 is 1.84 bits per heavy atom. The fraction of sp³-hybridized carbons (Fsp3) is 0.720. The molecule has 4 bridgehead atoms. The van der Waals surface area contributed by atoms with Crippen LogP contribution in [-0.2, 0) is 4.79 Å². The molecule has 176 valence electrons. The van der Waals surface area contributed by atoms with Crippen molar-refractivity contribution in [2.45, 2.75) is 91.3 Å². The number of nitrogens with zero attached hydrogens (tertiary/aromatic N) is 2. The molecule has 0 radical (unpaired) electrons. The quantitative estimate of drug-likeness (QED) is 0.622. The Morgan fingerprint density at radius 1 is 1.19 bits per heavy atom. The van der Waals surface area contributed by atoms with E-state index in [1.807, 2.05) is 6.20 Å². The van der Waals surface area contributed by atoms with E-state index in [2.05, 4.69) is 61.7 Å². The Balaban J connectivity index is 1.53. The molecule has 2 unspecified atom stereocenters. The first-order valence-electron chi connectivity index (χ1n) is 12.1. The summed E-state index contributed by atoms with van der Waals surface area (Å²) in [6.07, 6.45) is 11.0. The Kier molecular flexibility index (Phi) is 5.88. The number of amides is 2. The average Bonchev–Trinajstić information content (AvgIpc) is 3.02. The van der Waals surface area contributed by atoms with Crippen LogP contribution >= 0.6 is 0 Å². The summed E-state index contributed by atoms with van der Waals surface area (Å²) >= 11 is 0. The molecule has 1 aromatic rings. The summed E-state index contributed by atoms with van der Waals surface area (Å²) in [5, 5.41) is 14.5. The van der Waals surface area contributed by atoms with Crippen molar-refractivity contribution in [3.8, 4) is 0 Å². The summed E-state index contributed by atoms with van der Waals surface area (Å²) in [6.45, 7) is 12.1. The zero-order valence-electron chi connectivity index (χ0n) is 20.4. The maximum atomic E-state index is 13.4. The maximum Gasteiger partial charge on any atom is 0.256 e. The van der Waals surface area contributed by atoms with Gasteiger partial charge in [0.25, 0.3) is 5.91 Å². The summed E-state index contributed by atoms with van der Waals surface area (Å²) in [5.74, 6) is 2.25. The molecule has 2 amide bonds. The van der Waals surface area contributed by atoms with Gasteiger partial charge in [-0.2, -0.15) is 5.10 Å². The third kappa shape index (κ3) is 4.71. The van der Waals surface area contributed by atoms with Crippen LogP contribution in [0.5, 0.6) is 0 Å². The minimum absolute atomic E-state index is 0.0215. The molecule has 0 aromatic carbocycles. The summed E-state index contributed by atoms with van der Waals surface area (Å²) in [7, 11) is 0. The Morgan fingerprint density at radius 3 is 2.41 bits per heavy atom. The molecule has 2 atom stereocenters. The van der Waals surface area contributed by atoms with Gasteiger partial charge in [-0.1, -0.05) is 26.8 Å². The number of rotatable bonds is 6. The van der Waals surface area contributed by atoms with Crippen LogP contribution in [0.25, 0.3) is 6.20 Å². The smallest absolute Gasteiger partial charge is 0.256 e. The monoisotopic (exact) mass is 441 g/mol. The van der Waals surface area contributed by atoms with Crippen LogP contribution in [0.15, 0.2) is 12.3 Å². The molecule has 3 N–H and O–H groups in total. The zero-order chi connectivity index (χ0) is 23.3. The van der Waals surface area contributed by atoms with Crippen molar-refractivity contribution in [1.82, 2.24) is 20.4 Å². The van der Waals surface area contributed by atoms with Gasteiger partial charge in [-0.25, -0.2) is 4.68 Å². The standard InChI is InChI=1S/C25H39N5O2/c1-15(2)27-22-20(14-26-30(22)8-7-24(4,5)6)23(32)28-21-18-9-17-10-19(21)13-25(11-17,12-18)29-16(3)31/h7-8,14-15,17-19,21,27H,9-13H2,1-6H3,(H,28,32)(H,29,31)/b8-7+/t17?,18?,19?,21-,25-. The van der Waals surface area contributed by atoms with Gasteiger partial charge in [0.2, 0.25) is 5.91 Å². The van der Waals surface area contributed by atoms with E-state index in [1.165, 1.54) is 0 Å². The van der Waals surface area contributed by atoms with Crippen LogP contribution in [0.4, 0.5) is 5.82 Å². The van der Waals surface area contributed by atoms with Gasteiger partial charge in [-0.3, -0.25) is 9.59 Å². The van der Waals surface area contributed by atoms with Crippen LogP contribution < -0.4 is 16.0 Å². The molecule has 5 rings (SSSR count). The fourth-order valence-electron chi connectivity index (χ4n) is 6.37. The zero-order valence-corrected chi connectivity index (χ0v) is 20.4. The lowest BCUT2D eigenvalue weighted by Gasteiger charge is -2.60. The summed E-state index contributed by atoms with van der Waals surface area (Å²) in [4.78, 5) is 25.2. The van der Waals surface area contributed by atoms with Gasteiger partial charge in [0.1, 0.15) is 11.4 Å². The molecule has 4 aliphatic rings. The lowest BCUT2D eigenvalue weighted by Crippen LogP contribution is -2.66. The van der Waals surface area contributed by atoms with Gasteiger partial charge in [0, 0.05) is 30.7 Å². The summed E-state index contributed by atoms with van der Waals surface area (Å²) < 4.78 is 1.77. The molecule has 4 fully saturated rings. The molecule has 0 spiro atoms. The van der Waals surface area contributed by atoms with Gasteiger partial charge in [0.05, 0.1) is 6.20 Å². The van der Waals surface area contributed by atoms with Gasteiger partial charge in [0.15, 0.2) is 0 Å². The van der Waals surface area contributed by atoms with E-state index < -0.39 is 0 Å². The predicted octanol–water partition coefficient (Wildman–Crippen LogP) is 4.03. The van der Waals surface area contributed by atoms with Crippen molar-refractivity contribution >= 4 is 23.8 Å². The Bertz CT molecular complexity index is 894. The van der Waals surface area contributed by atoms with Crippen molar-refractivity contribution < 1.29 is 9.59 Å². The molecular weight excluding hydrogens is 402 g/mol. The molecule has 1 heterocycles. The van der Waals surface area contributed by atoms with Gasteiger partial charge in [-0.05, 0) is 69.1 Å². The highest BCUT2D eigenvalue weighted by Crippen LogP contribution is 2.55. The van der Waals surface area contributed by atoms with Crippen LogP contribution in [0, 0.1) is 23.2 Å². The SMILES string of the molecule is CC(=O)N[C@]12CC3CC(C1)[C@@H](NC(=O)c1cnn(/C=C/C(C)(C)C)c1NC(C)C)C(C3)C2. The van der Waals surface area contributed by atoms with E-state index in [-0.39, 0.29) is 34.9 Å². The lowest BCUT2D eigenvalue weighted by atomic mass is 9.51. The number of hydrogen-bond acceptors (Lipinski definition) is 4. The second-order valence-electron chi connectivity index (χ2n) is 11.8. The molecule has 1 aromatic heterocycles. The Hall–Kier alpha value is -2.31. The minimum atomic E-state index is -0.0605. The maximum absolute atomic E-state index is 13.4. The highest BCUT2D eigenvalue weighted by molar-refractivity contribution is 5.99. The number of carbonyl (C=O) groups is 2. The number of anilines is 1. The highest BCUT2D eigenvalue weighted by Gasteiger charge is 2.56.